The van der Waals surface area contributed by atoms with Gasteiger partial charge in [0.2, 0.25) is 0 Å². The van der Waals surface area contributed by atoms with Crippen molar-refractivity contribution in [2.75, 3.05) is 39.2 Å². The molecule has 0 spiro atoms. The van der Waals surface area contributed by atoms with E-state index in [4.69, 9.17) is 16.3 Å². The molecule has 0 radical (unpaired) electrons. The molecule has 0 aliphatic carbocycles. The second kappa shape index (κ2) is 10.1. The molecule has 0 unspecified atom stereocenters. The lowest BCUT2D eigenvalue weighted by molar-refractivity contribution is 0.0827. The highest BCUT2D eigenvalue weighted by molar-refractivity contribution is 7.17. The molecule has 1 aromatic heterocycles. The molecule has 0 saturated heterocycles. The van der Waals surface area contributed by atoms with Crippen molar-refractivity contribution in [2.45, 2.75) is 13.3 Å². The number of hydrogen-bond acceptors (Lipinski definition) is 5. The van der Waals surface area contributed by atoms with Gasteiger partial charge in [0.05, 0.1) is 22.2 Å². The Labute approximate surface area is 213 Å². The first-order chi connectivity index (χ1) is 16.7. The maximum atomic E-state index is 13.4. The number of hydrogen-bond donors (Lipinski definition) is 1. The summed E-state index contributed by atoms with van der Waals surface area (Å²) in [5, 5.41) is 3.12. The molecule has 0 saturated carbocycles. The van der Waals surface area contributed by atoms with Crippen LogP contribution < -0.4 is 15.0 Å². The van der Waals surface area contributed by atoms with Crippen LogP contribution in [0.25, 0.3) is 10.4 Å². The third-order valence-electron chi connectivity index (χ3n) is 5.74. The van der Waals surface area contributed by atoms with Crippen molar-refractivity contribution in [3.8, 4) is 16.2 Å². The summed E-state index contributed by atoms with van der Waals surface area (Å²) in [6.45, 7) is 2.87. The Morgan fingerprint density at radius 2 is 1.77 bits per heavy atom. The molecule has 7 nitrogen and oxygen atoms in total. The van der Waals surface area contributed by atoms with Crippen LogP contribution >= 0.6 is 22.9 Å². The fourth-order valence-electron chi connectivity index (χ4n) is 3.90. The van der Waals surface area contributed by atoms with Gasteiger partial charge in [-0.15, -0.1) is 11.3 Å². The van der Waals surface area contributed by atoms with E-state index in [9.17, 15) is 14.4 Å². The van der Waals surface area contributed by atoms with Crippen molar-refractivity contribution in [3.63, 3.8) is 0 Å². The zero-order chi connectivity index (χ0) is 25.3. The Morgan fingerprint density at radius 3 is 2.46 bits per heavy atom. The highest BCUT2D eigenvalue weighted by Crippen LogP contribution is 2.42. The second-order valence-corrected chi connectivity index (χ2v) is 9.82. The minimum atomic E-state index is -0.196. The number of nitrogens with zero attached hydrogens (tertiary/aromatic N) is 2. The third kappa shape index (κ3) is 4.90. The molecule has 0 atom stereocenters. The van der Waals surface area contributed by atoms with Crippen LogP contribution in [0.2, 0.25) is 5.02 Å². The molecule has 2 heterocycles. The molecule has 1 aliphatic heterocycles. The van der Waals surface area contributed by atoms with E-state index in [1.807, 2.05) is 19.1 Å². The smallest absolute Gasteiger partial charge is 0.268 e. The van der Waals surface area contributed by atoms with Gasteiger partial charge in [-0.2, -0.15) is 0 Å². The predicted octanol–water partition coefficient (Wildman–Crippen LogP) is 4.73. The number of anilines is 1. The molecule has 2 aromatic carbocycles. The van der Waals surface area contributed by atoms with E-state index in [0.717, 1.165) is 16.0 Å². The van der Waals surface area contributed by atoms with E-state index in [1.165, 1.54) is 21.1 Å². The van der Waals surface area contributed by atoms with E-state index >= 15 is 0 Å². The van der Waals surface area contributed by atoms with Crippen molar-refractivity contribution < 1.29 is 19.1 Å². The first-order valence-electron chi connectivity index (χ1n) is 11.2. The summed E-state index contributed by atoms with van der Waals surface area (Å²) in [6, 6.07) is 12.2. The van der Waals surface area contributed by atoms with E-state index in [-0.39, 0.29) is 17.7 Å². The zero-order valence-corrected chi connectivity index (χ0v) is 21.5. The van der Waals surface area contributed by atoms with Gasteiger partial charge in [0.25, 0.3) is 17.7 Å². The Bertz CT molecular complexity index is 1320. The van der Waals surface area contributed by atoms with Crippen LogP contribution in [-0.2, 0) is 6.42 Å². The fraction of sp³-hybridized carbons (Fsp3) is 0.269. The number of amides is 3. The lowest BCUT2D eigenvalue weighted by Gasteiger charge is -2.19. The summed E-state index contributed by atoms with van der Waals surface area (Å²) >= 11 is 7.84. The van der Waals surface area contributed by atoms with Gasteiger partial charge in [0.15, 0.2) is 0 Å². The van der Waals surface area contributed by atoms with Gasteiger partial charge in [-0.05, 0) is 55.0 Å². The lowest BCUT2D eigenvalue weighted by atomic mass is 10.0. The zero-order valence-electron chi connectivity index (χ0n) is 20.0. The summed E-state index contributed by atoms with van der Waals surface area (Å²) < 4.78 is 5.92. The van der Waals surface area contributed by atoms with E-state index in [0.29, 0.717) is 52.0 Å². The fourth-order valence-corrected chi connectivity index (χ4v) is 5.42. The number of carbonyl (C=O) groups is 3. The molecule has 1 aliphatic rings. The van der Waals surface area contributed by atoms with Gasteiger partial charge in [-0.25, -0.2) is 0 Å². The summed E-state index contributed by atoms with van der Waals surface area (Å²) in [6.07, 6.45) is 0.649. The van der Waals surface area contributed by atoms with Crippen LogP contribution in [-0.4, -0.2) is 56.9 Å². The molecular formula is C26H26ClN3O4S. The molecule has 0 bridgehead atoms. The molecule has 1 N–H and O–H groups in total. The average Bonchev–Trinajstić information content (AvgIpc) is 3.18. The molecule has 9 heteroatoms. The molecule has 35 heavy (non-hydrogen) atoms. The topological polar surface area (TPSA) is 79.0 Å². The Morgan fingerprint density at radius 1 is 1.03 bits per heavy atom. The molecular weight excluding hydrogens is 486 g/mol. The van der Waals surface area contributed by atoms with Gasteiger partial charge in [0.1, 0.15) is 5.75 Å². The van der Waals surface area contributed by atoms with Crippen molar-refractivity contribution in [2.24, 2.45) is 0 Å². The van der Waals surface area contributed by atoms with E-state index in [1.54, 1.807) is 51.5 Å². The SMILES string of the molecule is CCNC(=O)c1ccc2c(c1)OCCc1cc(C(=O)N(C)c3ccc(C(=O)N(C)C)cc3Cl)sc1-2. The number of halogens is 1. The molecule has 0 fully saturated rings. The molecule has 3 aromatic rings. The number of thiophene rings is 1. The van der Waals surface area contributed by atoms with Crippen molar-refractivity contribution in [1.82, 2.24) is 10.2 Å². The van der Waals surface area contributed by atoms with Crippen LogP contribution in [0.3, 0.4) is 0 Å². The van der Waals surface area contributed by atoms with Crippen molar-refractivity contribution >= 4 is 46.3 Å². The maximum Gasteiger partial charge on any atom is 0.268 e. The monoisotopic (exact) mass is 511 g/mol. The van der Waals surface area contributed by atoms with E-state index in [2.05, 4.69) is 5.32 Å². The standard InChI is InChI=1S/C26H26ClN3O4S/c1-5-28-24(31)16-6-8-18-21(13-16)34-11-10-15-14-22(35-23(15)18)26(33)30(4)20-9-7-17(12-19(20)27)25(32)29(2)3/h6-9,12-14H,5,10-11H2,1-4H3,(H,28,31). The van der Waals surface area contributed by atoms with Crippen LogP contribution in [0.1, 0.15) is 42.9 Å². The van der Waals surface area contributed by atoms with Gasteiger partial charge in [-0.1, -0.05) is 11.6 Å². The third-order valence-corrected chi connectivity index (χ3v) is 7.24. The average molecular weight is 512 g/mol. The first kappa shape index (κ1) is 24.8. The van der Waals surface area contributed by atoms with Crippen molar-refractivity contribution in [3.05, 3.63) is 69.1 Å². The summed E-state index contributed by atoms with van der Waals surface area (Å²) in [5.74, 6) is 0.122. The molecule has 3 amide bonds. The Hall–Kier alpha value is -3.36. The minimum absolute atomic E-state index is 0.151. The number of rotatable bonds is 5. The van der Waals surface area contributed by atoms with Crippen LogP contribution in [0.4, 0.5) is 5.69 Å². The van der Waals surface area contributed by atoms with Gasteiger partial charge >= 0.3 is 0 Å². The summed E-state index contributed by atoms with van der Waals surface area (Å²) in [7, 11) is 5.01. The normalized spacial score (nSPS) is 12.0. The van der Waals surface area contributed by atoms with Crippen LogP contribution in [0.5, 0.6) is 5.75 Å². The largest absolute Gasteiger partial charge is 0.493 e. The van der Waals surface area contributed by atoms with Crippen LogP contribution in [0.15, 0.2) is 42.5 Å². The number of nitrogens with one attached hydrogen (secondary N) is 1. The lowest BCUT2D eigenvalue weighted by Crippen LogP contribution is -2.26. The molecule has 4 rings (SSSR count). The van der Waals surface area contributed by atoms with Gasteiger partial charge in [0, 0.05) is 55.7 Å². The van der Waals surface area contributed by atoms with E-state index < -0.39 is 0 Å². The molecule has 182 valence electrons. The quantitative estimate of drug-likeness (QED) is 0.537. The number of benzene rings is 2. The second-order valence-electron chi connectivity index (χ2n) is 8.36. The minimum Gasteiger partial charge on any atom is -0.493 e. The number of fused-ring (bicyclic) bond motifs is 3. The highest BCUT2D eigenvalue weighted by atomic mass is 35.5. The van der Waals surface area contributed by atoms with Gasteiger partial charge < -0.3 is 19.9 Å². The Balaban J connectivity index is 1.63. The van der Waals surface area contributed by atoms with Crippen molar-refractivity contribution in [1.29, 1.82) is 0 Å². The summed E-state index contributed by atoms with van der Waals surface area (Å²) in [4.78, 5) is 42.3. The predicted molar refractivity (Wildman–Crippen MR) is 139 cm³/mol. The number of carbonyl (C=O) groups excluding carboxylic acids is 3. The maximum absolute atomic E-state index is 13.4. The first-order valence-corrected chi connectivity index (χ1v) is 12.4. The Kier molecular flexibility index (Phi) is 7.14. The summed E-state index contributed by atoms with van der Waals surface area (Å²) in [5.41, 5.74) is 3.39. The van der Waals surface area contributed by atoms with Crippen LogP contribution in [0, 0.1) is 0 Å². The number of ether oxygens (including phenoxy) is 1. The highest BCUT2D eigenvalue weighted by Gasteiger charge is 2.25. The van der Waals surface area contributed by atoms with Gasteiger partial charge in [-0.3, -0.25) is 14.4 Å².